The van der Waals surface area contributed by atoms with Gasteiger partial charge in [-0.2, -0.15) is 0 Å². The molecule has 0 aliphatic heterocycles. The zero-order valence-corrected chi connectivity index (χ0v) is 13.8. The van der Waals surface area contributed by atoms with Crippen LogP contribution >= 0.6 is 46.4 Å². The molecule has 3 N–H and O–H groups in total. The molecule has 1 rings (SSSR count). The van der Waals surface area contributed by atoms with Crippen molar-refractivity contribution in [1.82, 2.24) is 0 Å². The van der Waals surface area contributed by atoms with Gasteiger partial charge in [-0.25, -0.2) is 0 Å². The van der Waals surface area contributed by atoms with Crippen LogP contribution in [0.15, 0.2) is 6.07 Å². The smallest absolute Gasteiger partial charge is 0.307 e. The molecule has 1 aromatic rings. The predicted octanol–water partition coefficient (Wildman–Crippen LogP) is 4.53. The Morgan fingerprint density at radius 1 is 1.25 bits per heavy atom. The Bertz CT molecular complexity index is 508. The number of aliphatic carboxylic acids is 1. The van der Waals surface area contributed by atoms with Crippen molar-refractivity contribution in [3.05, 3.63) is 31.7 Å². The Hall–Kier alpha value is -0.190. The van der Waals surface area contributed by atoms with Gasteiger partial charge in [0, 0.05) is 11.6 Å². The Morgan fingerprint density at radius 3 is 2.35 bits per heavy atom. The molecule has 0 saturated heterocycles. The fourth-order valence-electron chi connectivity index (χ4n) is 2.01. The van der Waals surface area contributed by atoms with Gasteiger partial charge in [-0.05, 0) is 30.4 Å². The maximum absolute atomic E-state index is 11.0. The van der Waals surface area contributed by atoms with Gasteiger partial charge in [0.1, 0.15) is 0 Å². The summed E-state index contributed by atoms with van der Waals surface area (Å²) in [6, 6.07) is 1.54. The van der Waals surface area contributed by atoms with Crippen molar-refractivity contribution in [2.45, 2.75) is 19.8 Å². The van der Waals surface area contributed by atoms with Gasteiger partial charge in [0.2, 0.25) is 0 Å². The summed E-state index contributed by atoms with van der Waals surface area (Å²) < 4.78 is 0. The van der Waals surface area contributed by atoms with Crippen molar-refractivity contribution < 1.29 is 9.90 Å². The zero-order valence-electron chi connectivity index (χ0n) is 10.8. The SMILES string of the molecule is CC(Cc1c(Cl)cc(Cl)c(Cl)c1Cl)CC(CN)C(=O)O. The number of carbonyl (C=O) groups is 1. The van der Waals surface area contributed by atoms with E-state index in [0.717, 1.165) is 0 Å². The highest BCUT2D eigenvalue weighted by atomic mass is 35.5. The first-order chi connectivity index (χ1) is 9.27. The minimum Gasteiger partial charge on any atom is -0.481 e. The Labute approximate surface area is 137 Å². The summed E-state index contributed by atoms with van der Waals surface area (Å²) in [5, 5.41) is 10.3. The lowest BCUT2D eigenvalue weighted by atomic mass is 9.91. The minimum atomic E-state index is -0.898. The van der Waals surface area contributed by atoms with Crippen molar-refractivity contribution in [2.75, 3.05) is 6.54 Å². The van der Waals surface area contributed by atoms with Gasteiger partial charge >= 0.3 is 5.97 Å². The van der Waals surface area contributed by atoms with Crippen molar-refractivity contribution in [3.8, 4) is 0 Å². The topological polar surface area (TPSA) is 63.3 Å². The van der Waals surface area contributed by atoms with Crippen LogP contribution in [0.3, 0.4) is 0 Å². The average Bonchev–Trinajstić information content (AvgIpc) is 2.38. The molecule has 0 saturated carbocycles. The molecule has 0 heterocycles. The van der Waals surface area contributed by atoms with E-state index < -0.39 is 11.9 Å². The van der Waals surface area contributed by atoms with Crippen LogP contribution in [0.5, 0.6) is 0 Å². The lowest BCUT2D eigenvalue weighted by molar-refractivity contribution is -0.141. The first-order valence-electron chi connectivity index (χ1n) is 6.02. The highest BCUT2D eigenvalue weighted by Gasteiger charge is 2.21. The molecular formula is C13H15Cl4NO2. The molecular weight excluding hydrogens is 344 g/mol. The van der Waals surface area contributed by atoms with E-state index in [9.17, 15) is 4.79 Å². The minimum absolute atomic E-state index is 0.0480. The molecule has 1 aromatic carbocycles. The lowest BCUT2D eigenvalue weighted by Crippen LogP contribution is -2.25. The molecule has 2 unspecified atom stereocenters. The molecule has 0 spiro atoms. The first kappa shape index (κ1) is 17.9. The monoisotopic (exact) mass is 357 g/mol. The van der Waals surface area contributed by atoms with Crippen molar-refractivity contribution in [1.29, 1.82) is 0 Å². The van der Waals surface area contributed by atoms with Gasteiger partial charge in [-0.1, -0.05) is 53.3 Å². The fourth-order valence-corrected chi connectivity index (χ4v) is 3.09. The molecule has 0 radical (unpaired) electrons. The van der Waals surface area contributed by atoms with Gasteiger partial charge in [0.15, 0.2) is 0 Å². The van der Waals surface area contributed by atoms with E-state index in [1.807, 2.05) is 6.92 Å². The summed E-state index contributed by atoms with van der Waals surface area (Å²) in [6.45, 7) is 2.02. The number of carboxylic acid groups (broad SMARTS) is 1. The number of nitrogens with two attached hydrogens (primary N) is 1. The highest BCUT2D eigenvalue weighted by molar-refractivity contribution is 6.49. The fraction of sp³-hybridized carbons (Fsp3) is 0.462. The number of rotatable bonds is 6. The summed E-state index contributed by atoms with van der Waals surface area (Å²) in [6.07, 6.45) is 0.955. The van der Waals surface area contributed by atoms with Gasteiger partial charge in [-0.3, -0.25) is 4.79 Å². The second-order valence-corrected chi connectivity index (χ2v) is 6.33. The third-order valence-corrected chi connectivity index (χ3v) is 4.72. The largest absolute Gasteiger partial charge is 0.481 e. The lowest BCUT2D eigenvalue weighted by Gasteiger charge is -2.18. The maximum atomic E-state index is 11.0. The number of carboxylic acids is 1. The molecule has 112 valence electrons. The quantitative estimate of drug-likeness (QED) is 0.580. The normalized spacial score (nSPS) is 14.1. The van der Waals surface area contributed by atoms with E-state index >= 15 is 0 Å². The van der Waals surface area contributed by atoms with Gasteiger partial charge < -0.3 is 10.8 Å². The van der Waals surface area contributed by atoms with E-state index in [1.165, 1.54) is 6.07 Å². The number of benzene rings is 1. The van der Waals surface area contributed by atoms with Crippen molar-refractivity contribution in [2.24, 2.45) is 17.6 Å². The van der Waals surface area contributed by atoms with Crippen LogP contribution in [0.4, 0.5) is 0 Å². The second kappa shape index (κ2) is 7.71. The molecule has 7 heteroatoms. The van der Waals surface area contributed by atoms with E-state index in [-0.39, 0.29) is 17.5 Å². The number of hydrogen-bond donors (Lipinski definition) is 2. The van der Waals surface area contributed by atoms with Crippen molar-refractivity contribution >= 4 is 52.4 Å². The summed E-state index contributed by atoms with van der Waals surface area (Å²) in [5.41, 5.74) is 6.12. The molecule has 3 nitrogen and oxygen atoms in total. The van der Waals surface area contributed by atoms with E-state index in [1.54, 1.807) is 0 Å². The van der Waals surface area contributed by atoms with Gasteiger partial charge in [0.05, 0.1) is 21.0 Å². The van der Waals surface area contributed by atoms with Crippen LogP contribution in [0.2, 0.25) is 20.1 Å². The maximum Gasteiger partial charge on any atom is 0.307 e. The number of halogens is 4. The van der Waals surface area contributed by atoms with E-state index in [2.05, 4.69) is 0 Å². The van der Waals surface area contributed by atoms with Gasteiger partial charge in [0.25, 0.3) is 0 Å². The standard InChI is InChI=1S/C13H15Cl4NO2/c1-6(2-7(5-18)13(19)20)3-8-9(14)4-10(15)12(17)11(8)16/h4,6-7H,2-3,5,18H2,1H3,(H,19,20). The molecule has 2 atom stereocenters. The third kappa shape index (κ3) is 4.40. The van der Waals surface area contributed by atoms with Crippen LogP contribution < -0.4 is 5.73 Å². The van der Waals surface area contributed by atoms with E-state index in [4.69, 9.17) is 57.2 Å². The Morgan fingerprint density at radius 2 is 1.85 bits per heavy atom. The zero-order chi connectivity index (χ0) is 15.4. The van der Waals surface area contributed by atoms with Crippen molar-refractivity contribution in [3.63, 3.8) is 0 Å². The molecule has 0 fully saturated rings. The first-order valence-corrected chi connectivity index (χ1v) is 7.53. The molecule has 0 amide bonds. The second-order valence-electron chi connectivity index (χ2n) is 4.76. The predicted molar refractivity (Wildman–Crippen MR) is 84.1 cm³/mol. The molecule has 0 aliphatic carbocycles. The summed E-state index contributed by atoms with van der Waals surface area (Å²) in [7, 11) is 0. The number of hydrogen-bond acceptors (Lipinski definition) is 2. The molecule has 20 heavy (non-hydrogen) atoms. The van der Waals surface area contributed by atoms with Gasteiger partial charge in [-0.15, -0.1) is 0 Å². The van der Waals surface area contributed by atoms with Crippen LogP contribution in [0.1, 0.15) is 18.9 Å². The molecule has 0 aromatic heterocycles. The Kier molecular flexibility index (Phi) is 6.89. The molecule has 0 bridgehead atoms. The molecule has 0 aliphatic rings. The highest BCUT2D eigenvalue weighted by Crippen LogP contribution is 2.38. The van der Waals surface area contributed by atoms with Crippen LogP contribution in [0, 0.1) is 11.8 Å². The average molecular weight is 359 g/mol. The van der Waals surface area contributed by atoms with Crippen LogP contribution in [-0.2, 0) is 11.2 Å². The van der Waals surface area contributed by atoms with Crippen LogP contribution in [0.25, 0.3) is 0 Å². The third-order valence-electron chi connectivity index (χ3n) is 3.08. The summed E-state index contributed by atoms with van der Waals surface area (Å²) in [5.74, 6) is -1.43. The summed E-state index contributed by atoms with van der Waals surface area (Å²) in [4.78, 5) is 11.0. The van der Waals surface area contributed by atoms with Crippen LogP contribution in [-0.4, -0.2) is 17.6 Å². The van der Waals surface area contributed by atoms with E-state index in [0.29, 0.717) is 33.5 Å². The summed E-state index contributed by atoms with van der Waals surface area (Å²) >= 11 is 24.1. The Balaban J connectivity index is 2.88.